The van der Waals surface area contributed by atoms with Crippen molar-refractivity contribution >= 4 is 55.1 Å². The Balaban J connectivity index is 1.89. The third-order valence-electron chi connectivity index (χ3n) is 2.86. The second-order valence-corrected chi connectivity index (χ2v) is 6.81. The van der Waals surface area contributed by atoms with E-state index in [4.69, 9.17) is 16.3 Å². The minimum atomic E-state index is -0.344. The third kappa shape index (κ3) is 5.64. The summed E-state index contributed by atoms with van der Waals surface area (Å²) in [4.78, 5) is 11.8. The maximum atomic E-state index is 11.8. The number of carbonyl (C=O) groups excluding carboxylic acids is 1. The van der Waals surface area contributed by atoms with E-state index in [1.165, 1.54) is 0 Å². The van der Waals surface area contributed by atoms with Gasteiger partial charge in [-0.3, -0.25) is 4.79 Å². The zero-order valence-corrected chi connectivity index (χ0v) is 16.1. The molecule has 2 rings (SSSR count). The van der Waals surface area contributed by atoms with E-state index in [1.54, 1.807) is 18.2 Å². The maximum Gasteiger partial charge on any atom is 0.277 e. The van der Waals surface area contributed by atoms with E-state index in [9.17, 15) is 4.79 Å². The topological polar surface area (TPSA) is 50.7 Å². The number of rotatable bonds is 5. The van der Waals surface area contributed by atoms with E-state index in [-0.39, 0.29) is 12.5 Å². The molecule has 0 atom stereocenters. The van der Waals surface area contributed by atoms with Crippen LogP contribution in [0.1, 0.15) is 12.5 Å². The van der Waals surface area contributed by atoms with Gasteiger partial charge in [-0.1, -0.05) is 39.7 Å². The molecule has 1 N–H and O–H groups in total. The molecule has 7 heteroatoms. The first-order valence-electron chi connectivity index (χ1n) is 6.62. The fourth-order valence-electron chi connectivity index (χ4n) is 1.67. The number of hydrazone groups is 1. The molecule has 0 heterocycles. The molecule has 0 aliphatic carbocycles. The standard InChI is InChI=1S/C16H13Br2ClN2O2/c1-10(11-2-4-12(17)5-3-11)20-21-16(22)9-23-15-7-6-13(19)8-14(15)18/h2-8H,9H2,1H3,(H,21,22)/b20-10+. The average molecular weight is 461 g/mol. The highest BCUT2D eigenvalue weighted by Crippen LogP contribution is 2.27. The first-order chi connectivity index (χ1) is 11.0. The molecule has 120 valence electrons. The minimum absolute atomic E-state index is 0.142. The van der Waals surface area contributed by atoms with Crippen LogP contribution in [0, 0.1) is 0 Å². The largest absolute Gasteiger partial charge is 0.483 e. The van der Waals surface area contributed by atoms with Crippen molar-refractivity contribution < 1.29 is 9.53 Å². The van der Waals surface area contributed by atoms with E-state index < -0.39 is 0 Å². The summed E-state index contributed by atoms with van der Waals surface area (Å²) in [6.45, 7) is 1.68. The van der Waals surface area contributed by atoms with Gasteiger partial charge in [-0.25, -0.2) is 5.43 Å². The van der Waals surface area contributed by atoms with Crippen molar-refractivity contribution in [1.29, 1.82) is 0 Å². The van der Waals surface area contributed by atoms with Gasteiger partial charge in [0.2, 0.25) is 0 Å². The quantitative estimate of drug-likeness (QED) is 0.516. The van der Waals surface area contributed by atoms with Crippen LogP contribution in [0.15, 0.2) is 56.5 Å². The number of hydrogen-bond donors (Lipinski definition) is 1. The number of benzene rings is 2. The molecule has 0 aromatic heterocycles. The molecule has 0 bridgehead atoms. The van der Waals surface area contributed by atoms with E-state index in [2.05, 4.69) is 42.4 Å². The zero-order valence-electron chi connectivity index (χ0n) is 12.1. The summed E-state index contributed by atoms with van der Waals surface area (Å²) in [5.74, 6) is 0.196. The summed E-state index contributed by atoms with van der Waals surface area (Å²) >= 11 is 12.5. The Hall–Kier alpha value is -1.37. The Kier molecular flexibility index (Phi) is 6.62. The van der Waals surface area contributed by atoms with Crippen LogP contribution in [0.25, 0.3) is 0 Å². The molecule has 23 heavy (non-hydrogen) atoms. The maximum absolute atomic E-state index is 11.8. The van der Waals surface area contributed by atoms with Gasteiger partial charge >= 0.3 is 0 Å². The number of carbonyl (C=O) groups is 1. The molecular formula is C16H13Br2ClN2O2. The summed E-state index contributed by atoms with van der Waals surface area (Å²) in [5.41, 5.74) is 4.10. The average Bonchev–Trinajstić information content (AvgIpc) is 2.52. The fourth-order valence-corrected chi connectivity index (χ4v) is 2.73. The van der Waals surface area contributed by atoms with Crippen LogP contribution in [-0.4, -0.2) is 18.2 Å². The van der Waals surface area contributed by atoms with E-state index in [0.29, 0.717) is 21.0 Å². The van der Waals surface area contributed by atoms with Gasteiger partial charge in [0.05, 0.1) is 10.2 Å². The fraction of sp³-hybridized carbons (Fsp3) is 0.125. The lowest BCUT2D eigenvalue weighted by Crippen LogP contribution is -2.25. The van der Waals surface area contributed by atoms with E-state index in [0.717, 1.165) is 10.0 Å². The Bertz CT molecular complexity index is 733. The Morgan fingerprint density at radius 1 is 1.22 bits per heavy atom. The summed E-state index contributed by atoms with van der Waals surface area (Å²) in [5, 5.41) is 4.65. The first kappa shape index (κ1) is 18.0. The molecule has 0 saturated carbocycles. The molecule has 0 unspecified atom stereocenters. The van der Waals surface area contributed by atoms with Crippen LogP contribution >= 0.6 is 43.5 Å². The van der Waals surface area contributed by atoms with Gasteiger partial charge in [0.25, 0.3) is 5.91 Å². The van der Waals surface area contributed by atoms with Crippen molar-refractivity contribution in [1.82, 2.24) is 5.43 Å². The molecule has 0 saturated heterocycles. The Morgan fingerprint density at radius 2 is 1.91 bits per heavy atom. The number of ether oxygens (including phenoxy) is 1. The molecule has 0 spiro atoms. The van der Waals surface area contributed by atoms with Crippen molar-refractivity contribution in [3.05, 3.63) is 62.0 Å². The number of amides is 1. The third-order valence-corrected chi connectivity index (χ3v) is 4.25. The predicted octanol–water partition coefficient (Wildman–Crippen LogP) is 4.78. The minimum Gasteiger partial charge on any atom is -0.483 e. The van der Waals surface area contributed by atoms with Crippen LogP contribution in [-0.2, 0) is 4.79 Å². The van der Waals surface area contributed by atoms with E-state index in [1.807, 2.05) is 31.2 Å². The lowest BCUT2D eigenvalue weighted by Gasteiger charge is -2.08. The van der Waals surface area contributed by atoms with Gasteiger partial charge in [0.15, 0.2) is 6.61 Å². The second-order valence-electron chi connectivity index (χ2n) is 4.60. The molecule has 1 amide bonds. The van der Waals surface area contributed by atoms with Gasteiger partial charge in [0, 0.05) is 9.50 Å². The molecule has 2 aromatic carbocycles. The molecule has 0 aliphatic heterocycles. The molecule has 4 nitrogen and oxygen atoms in total. The van der Waals surface area contributed by atoms with Gasteiger partial charge in [-0.2, -0.15) is 5.10 Å². The number of halogens is 3. The summed E-state index contributed by atoms with van der Waals surface area (Å²) in [6, 6.07) is 12.7. The van der Waals surface area contributed by atoms with Crippen LogP contribution in [0.4, 0.5) is 0 Å². The monoisotopic (exact) mass is 458 g/mol. The molecular weight excluding hydrogens is 447 g/mol. The summed E-state index contributed by atoms with van der Waals surface area (Å²) in [7, 11) is 0. The van der Waals surface area contributed by atoms with Crippen molar-refractivity contribution in [3.63, 3.8) is 0 Å². The van der Waals surface area contributed by atoms with Crippen LogP contribution in [0.5, 0.6) is 5.75 Å². The highest BCUT2D eigenvalue weighted by molar-refractivity contribution is 9.10. The lowest BCUT2D eigenvalue weighted by atomic mass is 10.1. The first-order valence-corrected chi connectivity index (χ1v) is 8.59. The second kappa shape index (κ2) is 8.47. The predicted molar refractivity (Wildman–Crippen MR) is 99.1 cm³/mol. The molecule has 0 fully saturated rings. The molecule has 2 aromatic rings. The lowest BCUT2D eigenvalue weighted by molar-refractivity contribution is -0.123. The Morgan fingerprint density at radius 3 is 2.57 bits per heavy atom. The summed E-state index contributed by atoms with van der Waals surface area (Å²) < 4.78 is 7.09. The van der Waals surface area contributed by atoms with Crippen molar-refractivity contribution in [2.45, 2.75) is 6.92 Å². The SMILES string of the molecule is C/C(=N\NC(=O)COc1ccc(Cl)cc1Br)c1ccc(Br)cc1. The number of nitrogens with zero attached hydrogens (tertiary/aromatic N) is 1. The van der Waals surface area contributed by atoms with Gasteiger partial charge in [0.1, 0.15) is 5.75 Å². The van der Waals surface area contributed by atoms with Gasteiger partial charge in [-0.15, -0.1) is 0 Å². The molecule has 0 radical (unpaired) electrons. The zero-order chi connectivity index (χ0) is 16.8. The molecule has 0 aliphatic rings. The van der Waals surface area contributed by atoms with Crippen LogP contribution in [0.3, 0.4) is 0 Å². The number of nitrogens with one attached hydrogen (secondary N) is 1. The highest BCUT2D eigenvalue weighted by atomic mass is 79.9. The Labute approximate surface area is 156 Å². The van der Waals surface area contributed by atoms with Crippen LogP contribution < -0.4 is 10.2 Å². The number of hydrogen-bond acceptors (Lipinski definition) is 3. The van der Waals surface area contributed by atoms with Gasteiger partial charge < -0.3 is 4.74 Å². The van der Waals surface area contributed by atoms with Crippen molar-refractivity contribution in [2.24, 2.45) is 5.10 Å². The smallest absolute Gasteiger partial charge is 0.277 e. The van der Waals surface area contributed by atoms with E-state index >= 15 is 0 Å². The van der Waals surface area contributed by atoms with Crippen LogP contribution in [0.2, 0.25) is 5.02 Å². The van der Waals surface area contributed by atoms with Gasteiger partial charge in [-0.05, 0) is 58.7 Å². The highest BCUT2D eigenvalue weighted by Gasteiger charge is 2.06. The normalized spacial score (nSPS) is 11.2. The summed E-state index contributed by atoms with van der Waals surface area (Å²) in [6.07, 6.45) is 0. The van der Waals surface area contributed by atoms with Crippen molar-refractivity contribution in [2.75, 3.05) is 6.61 Å². The van der Waals surface area contributed by atoms with Crippen molar-refractivity contribution in [3.8, 4) is 5.75 Å².